The van der Waals surface area contributed by atoms with Crippen LogP contribution in [-0.2, 0) is 23.7 Å². The highest BCUT2D eigenvalue weighted by atomic mass is 16.7. The summed E-state index contributed by atoms with van der Waals surface area (Å²) >= 11 is 0. The smallest absolute Gasteiger partial charge is 0.408 e. The number of ether oxygens (including phenoxy) is 4. The second-order valence-corrected chi connectivity index (χ2v) is 7.52. The van der Waals surface area contributed by atoms with Crippen molar-refractivity contribution in [3.05, 3.63) is 23.9 Å². The van der Waals surface area contributed by atoms with Crippen molar-refractivity contribution in [2.45, 2.75) is 70.6 Å². The molecule has 1 saturated heterocycles. The largest absolute Gasteiger partial charge is 0.467 e. The lowest BCUT2D eigenvalue weighted by Crippen LogP contribution is -2.44. The molecule has 0 saturated carbocycles. The first-order valence-electron chi connectivity index (χ1n) is 9.24. The fraction of sp³-hybridized carbons (Fsp3) is 0.684. The number of dihydropyridines is 1. The third kappa shape index (κ3) is 7.60. The van der Waals surface area contributed by atoms with Gasteiger partial charge in [-0.25, -0.2) is 9.59 Å². The molecule has 2 rings (SSSR count). The SMILES string of the molecule is COC(=O)[C@H](CC1=CNC(OC2CCCCO2)C=C1)NC(=O)OC(C)(C)C. The van der Waals surface area contributed by atoms with E-state index in [0.29, 0.717) is 0 Å². The van der Waals surface area contributed by atoms with Gasteiger partial charge in [0.15, 0.2) is 6.29 Å². The lowest BCUT2D eigenvalue weighted by molar-refractivity contribution is -0.182. The molecule has 8 heteroatoms. The molecule has 27 heavy (non-hydrogen) atoms. The molecule has 1 amide bonds. The summed E-state index contributed by atoms with van der Waals surface area (Å²) in [4.78, 5) is 24.0. The van der Waals surface area contributed by atoms with Crippen LogP contribution in [0.1, 0.15) is 46.5 Å². The fourth-order valence-electron chi connectivity index (χ4n) is 2.72. The molecule has 152 valence electrons. The number of nitrogens with one attached hydrogen (secondary N) is 2. The first-order chi connectivity index (χ1) is 12.8. The number of rotatable bonds is 6. The zero-order valence-corrected chi connectivity index (χ0v) is 16.4. The zero-order valence-electron chi connectivity index (χ0n) is 16.4. The van der Waals surface area contributed by atoms with Crippen LogP contribution < -0.4 is 10.6 Å². The van der Waals surface area contributed by atoms with E-state index in [1.54, 1.807) is 27.0 Å². The molecule has 0 aromatic carbocycles. The Morgan fingerprint density at radius 3 is 2.70 bits per heavy atom. The molecule has 0 bridgehead atoms. The predicted molar refractivity (Wildman–Crippen MR) is 98.6 cm³/mol. The highest BCUT2D eigenvalue weighted by Gasteiger charge is 2.26. The first kappa shape index (κ1) is 21.2. The molecular weight excluding hydrogens is 352 g/mol. The van der Waals surface area contributed by atoms with E-state index < -0.39 is 23.7 Å². The van der Waals surface area contributed by atoms with E-state index in [1.165, 1.54) is 7.11 Å². The van der Waals surface area contributed by atoms with Crippen LogP contribution in [0.5, 0.6) is 0 Å². The summed E-state index contributed by atoms with van der Waals surface area (Å²) in [6.07, 6.45) is 7.64. The van der Waals surface area contributed by atoms with E-state index in [-0.39, 0.29) is 18.9 Å². The number of carbonyl (C=O) groups excluding carboxylic acids is 2. The second kappa shape index (κ2) is 9.75. The highest BCUT2D eigenvalue weighted by Crippen LogP contribution is 2.18. The summed E-state index contributed by atoms with van der Waals surface area (Å²) in [5, 5.41) is 5.68. The number of allylic oxidation sites excluding steroid dienone is 1. The Bertz CT molecular complexity index is 575. The molecule has 0 aromatic heterocycles. The molecule has 2 unspecified atom stereocenters. The van der Waals surface area contributed by atoms with Gasteiger partial charge in [0.05, 0.1) is 7.11 Å². The van der Waals surface area contributed by atoms with E-state index in [2.05, 4.69) is 10.6 Å². The van der Waals surface area contributed by atoms with Crippen LogP contribution in [0.25, 0.3) is 0 Å². The number of hydrogen-bond donors (Lipinski definition) is 2. The third-order valence-electron chi connectivity index (χ3n) is 3.97. The summed E-state index contributed by atoms with van der Waals surface area (Å²) in [6, 6.07) is -0.846. The molecule has 2 aliphatic heterocycles. The van der Waals surface area contributed by atoms with E-state index in [0.717, 1.165) is 31.4 Å². The zero-order chi connectivity index (χ0) is 19.9. The standard InChI is InChI=1S/C19H30N2O6/c1-19(2,3)27-18(23)21-14(17(22)24-4)11-13-8-9-15(20-12-13)26-16-7-5-6-10-25-16/h8-9,12,14-16,20H,5-7,10-11H2,1-4H3,(H,21,23)/t14-,15?,16?/m0/s1. The maximum absolute atomic E-state index is 12.0. The lowest BCUT2D eigenvalue weighted by atomic mass is 10.0. The number of carbonyl (C=O) groups is 2. The molecule has 8 nitrogen and oxygen atoms in total. The summed E-state index contributed by atoms with van der Waals surface area (Å²) in [6.45, 7) is 5.99. The number of hydrogen-bond acceptors (Lipinski definition) is 7. The van der Waals surface area contributed by atoms with Crippen LogP contribution in [-0.4, -0.2) is 49.9 Å². The maximum atomic E-state index is 12.0. The van der Waals surface area contributed by atoms with Crippen LogP contribution in [0.2, 0.25) is 0 Å². The molecule has 0 aliphatic carbocycles. The van der Waals surface area contributed by atoms with Gasteiger partial charge in [-0.3, -0.25) is 0 Å². The third-order valence-corrected chi connectivity index (χ3v) is 3.97. The molecular formula is C19H30N2O6. The topological polar surface area (TPSA) is 95.1 Å². The quantitative estimate of drug-likeness (QED) is 0.681. The van der Waals surface area contributed by atoms with Gasteiger partial charge in [0, 0.05) is 19.2 Å². The van der Waals surface area contributed by atoms with Crippen LogP contribution in [0.15, 0.2) is 23.9 Å². The minimum absolute atomic E-state index is 0.201. The minimum Gasteiger partial charge on any atom is -0.467 e. The van der Waals surface area contributed by atoms with Crippen molar-refractivity contribution < 1.29 is 28.5 Å². The van der Waals surface area contributed by atoms with E-state index >= 15 is 0 Å². The number of methoxy groups -OCH3 is 1. The van der Waals surface area contributed by atoms with E-state index in [9.17, 15) is 9.59 Å². The summed E-state index contributed by atoms with van der Waals surface area (Å²) in [5.41, 5.74) is 0.174. The molecule has 3 atom stereocenters. The van der Waals surface area contributed by atoms with E-state index in [1.807, 2.05) is 12.2 Å². The first-order valence-corrected chi connectivity index (χ1v) is 9.24. The molecule has 1 fully saturated rings. The van der Waals surface area contributed by atoms with Gasteiger partial charge in [-0.15, -0.1) is 0 Å². The Morgan fingerprint density at radius 2 is 2.15 bits per heavy atom. The Balaban J connectivity index is 1.87. The van der Waals surface area contributed by atoms with Crippen molar-refractivity contribution in [3.63, 3.8) is 0 Å². The van der Waals surface area contributed by atoms with Crippen LogP contribution in [0, 0.1) is 0 Å². The normalized spacial score (nSPS) is 23.6. The minimum atomic E-state index is -0.846. The second-order valence-electron chi connectivity index (χ2n) is 7.52. The average molecular weight is 382 g/mol. The molecule has 0 aromatic rings. The number of amides is 1. The van der Waals surface area contributed by atoms with Crippen LogP contribution in [0.4, 0.5) is 4.79 Å². The van der Waals surface area contributed by atoms with Gasteiger partial charge in [0.2, 0.25) is 0 Å². The van der Waals surface area contributed by atoms with Crippen molar-refractivity contribution in [2.24, 2.45) is 0 Å². The van der Waals surface area contributed by atoms with E-state index in [4.69, 9.17) is 18.9 Å². The average Bonchev–Trinajstić information content (AvgIpc) is 2.61. The molecule has 2 aliphatic rings. The molecule has 2 N–H and O–H groups in total. The Kier molecular flexibility index (Phi) is 7.67. The number of esters is 1. The maximum Gasteiger partial charge on any atom is 0.408 e. The summed E-state index contributed by atoms with van der Waals surface area (Å²) in [7, 11) is 1.28. The van der Waals surface area contributed by atoms with Gasteiger partial charge >= 0.3 is 12.1 Å². The Hall–Kier alpha value is -2.06. The van der Waals surface area contributed by atoms with Gasteiger partial charge in [0.1, 0.15) is 17.9 Å². The van der Waals surface area contributed by atoms with Crippen molar-refractivity contribution in [1.29, 1.82) is 0 Å². The van der Waals surface area contributed by atoms with Crippen molar-refractivity contribution >= 4 is 12.1 Å². The van der Waals surface area contributed by atoms with Gasteiger partial charge in [-0.05, 0) is 51.7 Å². The van der Waals surface area contributed by atoms with Gasteiger partial charge in [-0.1, -0.05) is 6.08 Å². The Morgan fingerprint density at radius 1 is 1.37 bits per heavy atom. The molecule has 2 heterocycles. The van der Waals surface area contributed by atoms with Crippen molar-refractivity contribution in [2.75, 3.05) is 13.7 Å². The van der Waals surface area contributed by atoms with Gasteiger partial charge in [0.25, 0.3) is 0 Å². The summed E-state index contributed by atoms with van der Waals surface area (Å²) in [5.74, 6) is -0.538. The number of alkyl carbamates (subject to hydrolysis) is 1. The van der Waals surface area contributed by atoms with Crippen molar-refractivity contribution in [3.8, 4) is 0 Å². The van der Waals surface area contributed by atoms with Gasteiger partial charge < -0.3 is 29.6 Å². The van der Waals surface area contributed by atoms with Crippen LogP contribution >= 0.6 is 0 Å². The van der Waals surface area contributed by atoms with Gasteiger partial charge in [-0.2, -0.15) is 0 Å². The lowest BCUT2D eigenvalue weighted by Gasteiger charge is -2.28. The van der Waals surface area contributed by atoms with Crippen molar-refractivity contribution in [1.82, 2.24) is 10.6 Å². The molecule has 0 radical (unpaired) electrons. The summed E-state index contributed by atoms with van der Waals surface area (Å²) < 4.78 is 21.4. The predicted octanol–water partition coefficient (Wildman–Crippen LogP) is 2.36. The highest BCUT2D eigenvalue weighted by molar-refractivity contribution is 5.81. The van der Waals surface area contributed by atoms with Crippen LogP contribution in [0.3, 0.4) is 0 Å². The monoisotopic (exact) mass is 382 g/mol. The fourth-order valence-corrected chi connectivity index (χ4v) is 2.72. The Labute approximate surface area is 160 Å². The molecule has 0 spiro atoms.